The molecule has 0 radical (unpaired) electrons. The average molecular weight is 378 g/mol. The molecule has 0 aliphatic heterocycles. The molecule has 1 N–H and O–H groups in total. The largest absolute Gasteiger partial charge is 0.443 e. The summed E-state index contributed by atoms with van der Waals surface area (Å²) in [6.07, 6.45) is 0.960. The molecule has 1 heterocycles. The predicted molar refractivity (Wildman–Crippen MR) is 98.3 cm³/mol. The van der Waals surface area contributed by atoms with Crippen LogP contribution >= 0.6 is 0 Å². The Balaban J connectivity index is 2.29. The molecular formula is C18H26N4O5. The Hall–Kier alpha value is -2.71. The minimum Gasteiger partial charge on any atom is -0.443 e. The van der Waals surface area contributed by atoms with E-state index in [4.69, 9.17) is 9.47 Å². The molecule has 1 aromatic rings. The molecule has 27 heavy (non-hydrogen) atoms. The van der Waals surface area contributed by atoms with Crippen LogP contribution < -0.4 is 10.2 Å². The van der Waals surface area contributed by atoms with Crippen LogP contribution in [0.2, 0.25) is 0 Å². The number of carbonyl (C=O) groups is 3. The molecule has 1 aliphatic rings. The zero-order valence-electron chi connectivity index (χ0n) is 16.5. The fraction of sp³-hybridized carbons (Fsp3) is 0.611. The molecule has 3 amide bonds. The lowest BCUT2D eigenvalue weighted by molar-refractivity contribution is -0.117. The van der Waals surface area contributed by atoms with Crippen molar-refractivity contribution >= 4 is 29.7 Å². The Morgan fingerprint density at radius 3 is 1.96 bits per heavy atom. The van der Waals surface area contributed by atoms with E-state index in [1.165, 1.54) is 6.07 Å². The number of anilines is 2. The smallest absolute Gasteiger partial charge is 0.425 e. The number of ether oxygens (including phenoxy) is 2. The monoisotopic (exact) mass is 378 g/mol. The van der Waals surface area contributed by atoms with Gasteiger partial charge in [0.1, 0.15) is 23.3 Å². The number of rotatable bonds is 3. The van der Waals surface area contributed by atoms with E-state index in [9.17, 15) is 14.4 Å². The topological polar surface area (TPSA) is 111 Å². The van der Waals surface area contributed by atoms with Crippen molar-refractivity contribution in [3.8, 4) is 0 Å². The molecule has 0 saturated heterocycles. The van der Waals surface area contributed by atoms with Crippen LogP contribution in [-0.4, -0.2) is 39.3 Å². The van der Waals surface area contributed by atoms with E-state index >= 15 is 0 Å². The SMILES string of the molecule is CC(C)(C)OC(=O)N(C(=O)OC(C)(C)C)c1cc(NC(=O)C2CC2)ncn1. The lowest BCUT2D eigenvalue weighted by Crippen LogP contribution is -2.44. The van der Waals surface area contributed by atoms with Crippen LogP contribution in [0.1, 0.15) is 54.4 Å². The number of nitrogens with one attached hydrogen (secondary N) is 1. The van der Waals surface area contributed by atoms with Crippen molar-refractivity contribution in [3.05, 3.63) is 12.4 Å². The second kappa shape index (κ2) is 7.50. The van der Waals surface area contributed by atoms with Crippen molar-refractivity contribution < 1.29 is 23.9 Å². The van der Waals surface area contributed by atoms with Crippen LogP contribution in [0.4, 0.5) is 21.2 Å². The van der Waals surface area contributed by atoms with Gasteiger partial charge in [-0.05, 0) is 54.4 Å². The first-order valence-electron chi connectivity index (χ1n) is 8.75. The molecule has 1 aromatic heterocycles. The van der Waals surface area contributed by atoms with Gasteiger partial charge < -0.3 is 14.8 Å². The van der Waals surface area contributed by atoms with Crippen molar-refractivity contribution in [2.45, 2.75) is 65.6 Å². The number of hydrogen-bond donors (Lipinski definition) is 1. The Morgan fingerprint density at radius 1 is 1.00 bits per heavy atom. The van der Waals surface area contributed by atoms with Gasteiger partial charge in [0.2, 0.25) is 5.91 Å². The third kappa shape index (κ3) is 6.50. The molecule has 1 aliphatic carbocycles. The lowest BCUT2D eigenvalue weighted by atomic mass is 10.2. The van der Waals surface area contributed by atoms with Crippen LogP contribution in [0, 0.1) is 5.92 Å². The maximum Gasteiger partial charge on any atom is 0.425 e. The van der Waals surface area contributed by atoms with Crippen molar-refractivity contribution in [1.29, 1.82) is 0 Å². The second-order valence-corrected chi connectivity index (χ2v) is 8.32. The van der Waals surface area contributed by atoms with Gasteiger partial charge in [0.05, 0.1) is 0 Å². The van der Waals surface area contributed by atoms with Gasteiger partial charge in [-0.1, -0.05) is 0 Å². The zero-order valence-corrected chi connectivity index (χ0v) is 16.5. The zero-order chi connectivity index (χ0) is 20.4. The Kier molecular flexibility index (Phi) is 5.72. The Bertz CT molecular complexity index is 704. The summed E-state index contributed by atoms with van der Waals surface area (Å²) in [4.78, 5) is 45.7. The van der Waals surface area contributed by atoms with E-state index in [0.29, 0.717) is 4.90 Å². The molecular weight excluding hydrogens is 352 g/mol. The normalized spacial score (nSPS) is 14.3. The van der Waals surface area contributed by atoms with Crippen LogP contribution in [0.3, 0.4) is 0 Å². The maximum atomic E-state index is 12.6. The van der Waals surface area contributed by atoms with E-state index in [1.54, 1.807) is 41.5 Å². The van der Waals surface area contributed by atoms with E-state index < -0.39 is 23.4 Å². The van der Waals surface area contributed by atoms with Crippen LogP contribution in [0.15, 0.2) is 12.4 Å². The molecule has 9 heteroatoms. The third-order valence-corrected chi connectivity index (χ3v) is 3.23. The summed E-state index contributed by atoms with van der Waals surface area (Å²) in [5, 5.41) is 2.65. The first-order valence-corrected chi connectivity index (χ1v) is 8.75. The van der Waals surface area contributed by atoms with Gasteiger partial charge in [0.15, 0.2) is 5.82 Å². The summed E-state index contributed by atoms with van der Waals surface area (Å²) in [5.41, 5.74) is -1.65. The van der Waals surface area contributed by atoms with Crippen LogP contribution in [-0.2, 0) is 14.3 Å². The van der Waals surface area contributed by atoms with Crippen molar-refractivity contribution in [2.75, 3.05) is 10.2 Å². The quantitative estimate of drug-likeness (QED) is 0.857. The molecule has 0 aromatic carbocycles. The highest BCUT2D eigenvalue weighted by atomic mass is 16.6. The molecule has 1 saturated carbocycles. The number of hydrogen-bond acceptors (Lipinski definition) is 7. The van der Waals surface area contributed by atoms with Crippen molar-refractivity contribution in [3.63, 3.8) is 0 Å². The van der Waals surface area contributed by atoms with Crippen LogP contribution in [0.5, 0.6) is 0 Å². The summed E-state index contributed by atoms with van der Waals surface area (Å²) in [6.45, 7) is 10.1. The van der Waals surface area contributed by atoms with Crippen molar-refractivity contribution in [2.24, 2.45) is 5.92 Å². The summed E-state index contributed by atoms with van der Waals surface area (Å²) in [5.74, 6) is -0.0365. The highest BCUT2D eigenvalue weighted by Gasteiger charge is 2.34. The summed E-state index contributed by atoms with van der Waals surface area (Å²) in [7, 11) is 0. The molecule has 0 spiro atoms. The first-order chi connectivity index (χ1) is 12.4. The molecule has 0 atom stereocenters. The highest BCUT2D eigenvalue weighted by Crippen LogP contribution is 2.30. The minimum atomic E-state index is -0.935. The average Bonchev–Trinajstić information content (AvgIpc) is 3.28. The molecule has 1 fully saturated rings. The van der Waals surface area contributed by atoms with Gasteiger partial charge in [-0.25, -0.2) is 19.6 Å². The Morgan fingerprint density at radius 2 is 1.52 bits per heavy atom. The number of aromatic nitrogens is 2. The van der Waals surface area contributed by atoms with E-state index in [0.717, 1.165) is 19.2 Å². The molecule has 0 unspecified atom stereocenters. The molecule has 9 nitrogen and oxygen atoms in total. The van der Waals surface area contributed by atoms with Gasteiger partial charge in [0.25, 0.3) is 0 Å². The van der Waals surface area contributed by atoms with E-state index in [1.807, 2.05) is 0 Å². The first kappa shape index (κ1) is 20.6. The molecule has 148 valence electrons. The van der Waals surface area contributed by atoms with Gasteiger partial charge in [0, 0.05) is 12.0 Å². The van der Waals surface area contributed by atoms with Gasteiger partial charge >= 0.3 is 12.2 Å². The minimum absolute atomic E-state index is 0.0174. The number of imide groups is 1. The lowest BCUT2D eigenvalue weighted by Gasteiger charge is -2.28. The van der Waals surface area contributed by atoms with Crippen molar-refractivity contribution in [1.82, 2.24) is 9.97 Å². The van der Waals surface area contributed by atoms with Gasteiger partial charge in [-0.3, -0.25) is 4.79 Å². The second-order valence-electron chi connectivity index (χ2n) is 8.32. The number of amides is 3. The summed E-state index contributed by atoms with van der Waals surface area (Å²) in [6, 6.07) is 1.33. The van der Waals surface area contributed by atoms with Gasteiger partial charge in [-0.2, -0.15) is 4.90 Å². The third-order valence-electron chi connectivity index (χ3n) is 3.23. The van der Waals surface area contributed by atoms with Gasteiger partial charge in [-0.15, -0.1) is 0 Å². The summed E-state index contributed by atoms with van der Waals surface area (Å²) < 4.78 is 10.6. The Labute approximate surface area is 158 Å². The number of carbonyl (C=O) groups excluding carboxylic acids is 3. The maximum absolute atomic E-state index is 12.6. The summed E-state index contributed by atoms with van der Waals surface area (Å²) >= 11 is 0. The standard InChI is InChI=1S/C18H26N4O5/c1-17(2,3)26-15(24)22(16(25)27-18(4,5)6)13-9-12(19-10-20-13)21-14(23)11-7-8-11/h9-11H,7-8H2,1-6H3,(H,19,20,21,23). The fourth-order valence-corrected chi connectivity index (χ4v) is 1.99. The molecule has 2 rings (SSSR count). The van der Waals surface area contributed by atoms with E-state index in [2.05, 4.69) is 15.3 Å². The fourth-order valence-electron chi connectivity index (χ4n) is 1.99. The predicted octanol–water partition coefficient (Wildman–Crippen LogP) is 3.50. The highest BCUT2D eigenvalue weighted by molar-refractivity contribution is 6.09. The van der Waals surface area contributed by atoms with Crippen LogP contribution in [0.25, 0.3) is 0 Å². The number of nitrogens with zero attached hydrogens (tertiary/aromatic N) is 3. The van der Waals surface area contributed by atoms with E-state index in [-0.39, 0.29) is 23.5 Å². The molecule has 0 bridgehead atoms.